The van der Waals surface area contributed by atoms with Crippen molar-refractivity contribution in [2.24, 2.45) is 0 Å². The summed E-state index contributed by atoms with van der Waals surface area (Å²) in [4.78, 5) is 26.2. The molecule has 2 N–H and O–H groups in total. The maximum absolute atomic E-state index is 12.3. The molecule has 0 aliphatic rings. The summed E-state index contributed by atoms with van der Waals surface area (Å²) in [7, 11) is 0. The molecule has 0 aliphatic carbocycles. The summed E-state index contributed by atoms with van der Waals surface area (Å²) in [6.07, 6.45) is 0.526. The SMILES string of the molecule is CCN(CC(=O)NCCc1ccc(OC(F)F)cc1)CC(=O)Nc1c(Cl)cccc1Cl. The molecule has 2 aromatic carbocycles. The second-order valence-corrected chi connectivity index (χ2v) is 7.38. The van der Waals surface area contributed by atoms with Crippen molar-refractivity contribution in [3.05, 3.63) is 58.1 Å². The average molecular weight is 474 g/mol. The van der Waals surface area contributed by atoms with Gasteiger partial charge in [0.1, 0.15) is 5.75 Å². The zero-order valence-corrected chi connectivity index (χ0v) is 18.4. The average Bonchev–Trinajstić information content (AvgIpc) is 2.71. The van der Waals surface area contributed by atoms with Crippen LogP contribution in [0.2, 0.25) is 10.0 Å². The number of rotatable bonds is 11. The van der Waals surface area contributed by atoms with Gasteiger partial charge in [-0.2, -0.15) is 8.78 Å². The molecule has 0 aliphatic heterocycles. The number of amides is 2. The van der Waals surface area contributed by atoms with Gasteiger partial charge in [0.2, 0.25) is 11.8 Å². The van der Waals surface area contributed by atoms with Gasteiger partial charge < -0.3 is 15.4 Å². The quantitative estimate of drug-likeness (QED) is 0.512. The predicted octanol–water partition coefficient (Wildman–Crippen LogP) is 4.21. The number of carbonyl (C=O) groups excluding carboxylic acids is 2. The predicted molar refractivity (Wildman–Crippen MR) is 117 cm³/mol. The van der Waals surface area contributed by atoms with Gasteiger partial charge in [0.15, 0.2) is 0 Å². The van der Waals surface area contributed by atoms with Crippen molar-refractivity contribution in [2.75, 3.05) is 31.5 Å². The van der Waals surface area contributed by atoms with Crippen LogP contribution >= 0.6 is 23.2 Å². The van der Waals surface area contributed by atoms with E-state index in [0.717, 1.165) is 5.56 Å². The number of hydrogen-bond donors (Lipinski definition) is 2. The lowest BCUT2D eigenvalue weighted by Crippen LogP contribution is -2.41. The zero-order chi connectivity index (χ0) is 22.8. The molecule has 0 atom stereocenters. The number of anilines is 1. The molecule has 0 unspecified atom stereocenters. The molecule has 0 bridgehead atoms. The Morgan fingerprint density at radius 3 is 2.23 bits per heavy atom. The molecule has 0 aromatic heterocycles. The van der Waals surface area contributed by atoms with Gasteiger partial charge >= 0.3 is 6.61 Å². The Morgan fingerprint density at radius 1 is 1.03 bits per heavy atom. The minimum absolute atomic E-state index is 0.00291. The van der Waals surface area contributed by atoms with Crippen LogP contribution in [-0.4, -0.2) is 49.5 Å². The van der Waals surface area contributed by atoms with Crippen molar-refractivity contribution < 1.29 is 23.1 Å². The van der Waals surface area contributed by atoms with E-state index >= 15 is 0 Å². The van der Waals surface area contributed by atoms with Gasteiger partial charge in [-0.05, 0) is 42.8 Å². The molecule has 0 saturated heterocycles. The largest absolute Gasteiger partial charge is 0.435 e. The highest BCUT2D eigenvalue weighted by Gasteiger charge is 2.15. The molecule has 10 heteroatoms. The van der Waals surface area contributed by atoms with Crippen LogP contribution in [0, 0.1) is 0 Å². The van der Waals surface area contributed by atoms with Gasteiger partial charge in [0.05, 0.1) is 28.8 Å². The molecule has 0 spiro atoms. The van der Waals surface area contributed by atoms with Crippen LogP contribution in [0.5, 0.6) is 5.75 Å². The fraction of sp³-hybridized carbons (Fsp3) is 0.333. The number of ether oxygens (including phenoxy) is 1. The monoisotopic (exact) mass is 473 g/mol. The summed E-state index contributed by atoms with van der Waals surface area (Å²) >= 11 is 12.1. The second kappa shape index (κ2) is 12.4. The molecule has 0 heterocycles. The van der Waals surface area contributed by atoms with Crippen LogP contribution in [0.3, 0.4) is 0 Å². The van der Waals surface area contributed by atoms with E-state index in [1.165, 1.54) is 12.1 Å². The van der Waals surface area contributed by atoms with Crippen molar-refractivity contribution >= 4 is 40.7 Å². The number of carbonyl (C=O) groups is 2. The number of hydrogen-bond acceptors (Lipinski definition) is 4. The van der Waals surface area contributed by atoms with Crippen molar-refractivity contribution in [2.45, 2.75) is 20.0 Å². The third-order valence-electron chi connectivity index (χ3n) is 4.29. The standard InChI is InChI=1S/C21H23Cl2F2N3O3/c1-2-28(13-19(30)27-20-16(22)4-3-5-17(20)23)12-18(29)26-11-10-14-6-8-15(9-7-14)31-21(24)25/h3-9,21H,2,10-13H2,1H3,(H,26,29)(H,27,30). The fourth-order valence-corrected chi connectivity index (χ4v) is 3.21. The lowest BCUT2D eigenvalue weighted by atomic mass is 10.1. The minimum atomic E-state index is -2.87. The Labute approximate surface area is 189 Å². The number of nitrogens with one attached hydrogen (secondary N) is 2. The van der Waals surface area contributed by atoms with Gasteiger partial charge in [-0.15, -0.1) is 0 Å². The molecule has 2 aromatic rings. The molecule has 0 fully saturated rings. The lowest BCUT2D eigenvalue weighted by molar-refractivity contribution is -0.123. The molecule has 0 radical (unpaired) electrons. The Morgan fingerprint density at radius 2 is 1.65 bits per heavy atom. The molecule has 6 nitrogen and oxygen atoms in total. The first kappa shape index (κ1) is 24.8. The van der Waals surface area contributed by atoms with E-state index in [-0.39, 0.29) is 30.7 Å². The van der Waals surface area contributed by atoms with Crippen LogP contribution in [0.25, 0.3) is 0 Å². The van der Waals surface area contributed by atoms with Gasteiger partial charge in [-0.1, -0.05) is 48.3 Å². The van der Waals surface area contributed by atoms with Crippen LogP contribution in [-0.2, 0) is 16.0 Å². The normalized spacial score (nSPS) is 10.9. The summed E-state index contributed by atoms with van der Waals surface area (Å²) in [5.41, 5.74) is 1.20. The van der Waals surface area contributed by atoms with Crippen LogP contribution in [0.15, 0.2) is 42.5 Å². The molecular formula is C21H23Cl2F2N3O3. The van der Waals surface area contributed by atoms with Gasteiger partial charge in [0.25, 0.3) is 0 Å². The highest BCUT2D eigenvalue weighted by Crippen LogP contribution is 2.29. The Kier molecular flexibility index (Phi) is 9.97. The van der Waals surface area contributed by atoms with Gasteiger partial charge in [-0.3, -0.25) is 14.5 Å². The van der Waals surface area contributed by atoms with E-state index in [2.05, 4.69) is 15.4 Å². The number of alkyl halides is 2. The fourth-order valence-electron chi connectivity index (χ4n) is 2.72. The van der Waals surface area contributed by atoms with Crippen LogP contribution in [0.4, 0.5) is 14.5 Å². The smallest absolute Gasteiger partial charge is 0.387 e. The van der Waals surface area contributed by atoms with Crippen molar-refractivity contribution in [1.82, 2.24) is 10.2 Å². The van der Waals surface area contributed by atoms with Crippen molar-refractivity contribution in [3.63, 3.8) is 0 Å². The van der Waals surface area contributed by atoms with Crippen LogP contribution < -0.4 is 15.4 Å². The minimum Gasteiger partial charge on any atom is -0.435 e. The Balaban J connectivity index is 1.76. The Bertz CT molecular complexity index is 862. The summed E-state index contributed by atoms with van der Waals surface area (Å²) in [6.45, 7) is -0.129. The van der Waals surface area contributed by atoms with E-state index in [0.29, 0.717) is 35.2 Å². The number of benzene rings is 2. The maximum Gasteiger partial charge on any atom is 0.387 e. The number of para-hydroxylation sites is 1. The van der Waals surface area contributed by atoms with E-state index in [4.69, 9.17) is 23.2 Å². The van der Waals surface area contributed by atoms with E-state index < -0.39 is 6.61 Å². The highest BCUT2D eigenvalue weighted by molar-refractivity contribution is 6.39. The summed E-state index contributed by atoms with van der Waals surface area (Å²) in [5.74, 6) is -0.489. The van der Waals surface area contributed by atoms with Gasteiger partial charge in [-0.25, -0.2) is 0 Å². The maximum atomic E-state index is 12.3. The van der Waals surface area contributed by atoms with Crippen LogP contribution in [0.1, 0.15) is 12.5 Å². The second-order valence-electron chi connectivity index (χ2n) is 6.57. The zero-order valence-electron chi connectivity index (χ0n) is 16.8. The molecule has 2 rings (SSSR count). The summed E-state index contributed by atoms with van der Waals surface area (Å²) < 4.78 is 28.6. The molecule has 31 heavy (non-hydrogen) atoms. The molecular weight excluding hydrogens is 451 g/mol. The lowest BCUT2D eigenvalue weighted by Gasteiger charge is -2.20. The van der Waals surface area contributed by atoms with Crippen molar-refractivity contribution in [3.8, 4) is 5.75 Å². The highest BCUT2D eigenvalue weighted by atomic mass is 35.5. The van der Waals surface area contributed by atoms with Gasteiger partial charge in [0, 0.05) is 6.54 Å². The van der Waals surface area contributed by atoms with E-state index in [1.807, 2.05) is 6.92 Å². The first-order valence-corrected chi connectivity index (χ1v) is 10.3. The van der Waals surface area contributed by atoms with E-state index in [1.54, 1.807) is 35.2 Å². The third-order valence-corrected chi connectivity index (χ3v) is 4.92. The summed E-state index contributed by atoms with van der Waals surface area (Å²) in [5, 5.41) is 6.10. The topological polar surface area (TPSA) is 70.7 Å². The molecule has 2 amide bonds. The van der Waals surface area contributed by atoms with Crippen molar-refractivity contribution in [1.29, 1.82) is 0 Å². The number of nitrogens with zero attached hydrogens (tertiary/aromatic N) is 1. The first-order valence-electron chi connectivity index (χ1n) is 9.55. The number of halogens is 4. The van der Waals surface area contributed by atoms with E-state index in [9.17, 15) is 18.4 Å². The summed E-state index contributed by atoms with van der Waals surface area (Å²) in [6, 6.07) is 11.1. The molecule has 168 valence electrons. The third kappa shape index (κ3) is 8.69. The number of likely N-dealkylation sites (N-methyl/N-ethyl adjacent to an activating group) is 1. The first-order chi connectivity index (χ1) is 14.8. The Hall–Kier alpha value is -2.42. The molecule has 0 saturated carbocycles.